The molecule has 0 aromatic carbocycles. The summed E-state index contributed by atoms with van der Waals surface area (Å²) in [5.74, 6) is -1.00. The molecule has 78 valence electrons. The molecule has 1 atom stereocenters. The number of carbonyl (C=O) groups is 2. The number of ketones is 1. The molecule has 1 fully saturated rings. The quantitative estimate of drug-likeness (QED) is 0.291. The van der Waals surface area contributed by atoms with Gasteiger partial charge in [0.2, 0.25) is 0 Å². The molecular weight excluding hydrogens is 184 g/mol. The third-order valence-corrected chi connectivity index (χ3v) is 2.10. The molecular formula is C10H14O4. The number of ether oxygens (including phenoxy) is 2. The van der Waals surface area contributed by atoms with Gasteiger partial charge in [-0.3, -0.25) is 4.79 Å². The number of hydrogen-bond donors (Lipinski definition) is 0. The molecule has 0 aromatic heterocycles. The zero-order chi connectivity index (χ0) is 10.6. The van der Waals surface area contributed by atoms with E-state index in [9.17, 15) is 9.59 Å². The van der Waals surface area contributed by atoms with Crippen molar-refractivity contribution >= 4 is 11.8 Å². The molecule has 0 saturated carbocycles. The van der Waals surface area contributed by atoms with Crippen molar-refractivity contribution in [1.82, 2.24) is 0 Å². The van der Waals surface area contributed by atoms with Crippen molar-refractivity contribution in [2.75, 3.05) is 13.2 Å². The molecule has 0 amide bonds. The zero-order valence-corrected chi connectivity index (χ0v) is 8.25. The summed E-state index contributed by atoms with van der Waals surface area (Å²) in [7, 11) is 0. The molecule has 4 heteroatoms. The number of rotatable bonds is 4. The monoisotopic (exact) mass is 198 g/mol. The highest BCUT2D eigenvalue weighted by atomic mass is 16.6. The molecule has 14 heavy (non-hydrogen) atoms. The van der Waals surface area contributed by atoms with Crippen LogP contribution in [0, 0.1) is 0 Å². The number of Topliss-reactive ketones (excluding diaryl/α,β-unsaturated/α-hetero) is 1. The Hall–Kier alpha value is -1.16. The van der Waals surface area contributed by atoms with Gasteiger partial charge in [-0.05, 0) is 19.8 Å². The van der Waals surface area contributed by atoms with Crippen LogP contribution in [0.25, 0.3) is 0 Å². The Morgan fingerprint density at radius 3 is 2.79 bits per heavy atom. The lowest BCUT2D eigenvalue weighted by Gasteiger charge is -2.09. The Bertz CT molecular complexity index is 251. The SMILES string of the molecule is C=C(C(C)=O)C(=O)OCC1CCCO1. The minimum Gasteiger partial charge on any atom is -0.459 e. The predicted octanol–water partition coefficient (Wildman–Crippen LogP) is 0.854. The van der Waals surface area contributed by atoms with Crippen LogP contribution in [0.1, 0.15) is 19.8 Å². The highest BCUT2D eigenvalue weighted by Crippen LogP contribution is 2.12. The van der Waals surface area contributed by atoms with E-state index in [0.29, 0.717) is 0 Å². The summed E-state index contributed by atoms with van der Waals surface area (Å²) in [6.45, 7) is 5.55. The molecule has 1 rings (SSSR count). The molecule has 1 saturated heterocycles. The van der Waals surface area contributed by atoms with Crippen molar-refractivity contribution < 1.29 is 19.1 Å². The second kappa shape index (κ2) is 4.91. The Balaban J connectivity index is 2.26. The number of hydrogen-bond acceptors (Lipinski definition) is 4. The van der Waals surface area contributed by atoms with Gasteiger partial charge in [0.25, 0.3) is 0 Å². The zero-order valence-electron chi connectivity index (χ0n) is 8.25. The van der Waals surface area contributed by atoms with Gasteiger partial charge in [-0.2, -0.15) is 0 Å². The normalized spacial score (nSPS) is 20.5. The van der Waals surface area contributed by atoms with Crippen LogP contribution in [0.4, 0.5) is 0 Å². The maximum absolute atomic E-state index is 11.1. The first-order valence-electron chi connectivity index (χ1n) is 4.60. The minimum absolute atomic E-state index is 0.0151. The van der Waals surface area contributed by atoms with Crippen molar-refractivity contribution in [3.8, 4) is 0 Å². The third kappa shape index (κ3) is 2.96. The van der Waals surface area contributed by atoms with Crippen molar-refractivity contribution in [2.24, 2.45) is 0 Å². The largest absolute Gasteiger partial charge is 0.459 e. The van der Waals surface area contributed by atoms with Crippen LogP contribution in [0.2, 0.25) is 0 Å². The number of carbonyl (C=O) groups excluding carboxylic acids is 2. The highest BCUT2D eigenvalue weighted by molar-refractivity contribution is 6.15. The fourth-order valence-corrected chi connectivity index (χ4v) is 1.18. The van der Waals surface area contributed by atoms with E-state index < -0.39 is 5.97 Å². The average Bonchev–Trinajstić information content (AvgIpc) is 2.65. The minimum atomic E-state index is -0.645. The van der Waals surface area contributed by atoms with Gasteiger partial charge in [0.15, 0.2) is 5.78 Å². The summed E-state index contributed by atoms with van der Waals surface area (Å²) in [5.41, 5.74) is -0.108. The molecule has 1 heterocycles. The Morgan fingerprint density at radius 1 is 1.57 bits per heavy atom. The average molecular weight is 198 g/mol. The second-order valence-electron chi connectivity index (χ2n) is 3.27. The highest BCUT2D eigenvalue weighted by Gasteiger charge is 2.19. The maximum Gasteiger partial charge on any atom is 0.341 e. The van der Waals surface area contributed by atoms with Crippen molar-refractivity contribution in [3.05, 3.63) is 12.2 Å². The number of esters is 1. The first kappa shape index (κ1) is 10.9. The van der Waals surface area contributed by atoms with Gasteiger partial charge in [0.05, 0.1) is 11.7 Å². The standard InChI is InChI=1S/C10H14O4/c1-7(8(2)11)10(12)14-6-9-4-3-5-13-9/h9H,1,3-6H2,2H3. The Labute approximate surface area is 82.9 Å². The molecule has 1 aliphatic heterocycles. The topological polar surface area (TPSA) is 52.6 Å². The van der Waals surface area contributed by atoms with Crippen LogP contribution >= 0.6 is 0 Å². The van der Waals surface area contributed by atoms with E-state index in [-0.39, 0.29) is 24.1 Å². The second-order valence-corrected chi connectivity index (χ2v) is 3.27. The van der Waals surface area contributed by atoms with E-state index >= 15 is 0 Å². The molecule has 0 aliphatic carbocycles. The lowest BCUT2D eigenvalue weighted by Crippen LogP contribution is -2.20. The lowest BCUT2D eigenvalue weighted by molar-refractivity contribution is -0.143. The van der Waals surface area contributed by atoms with E-state index in [1.165, 1.54) is 6.92 Å². The van der Waals surface area contributed by atoms with Gasteiger partial charge >= 0.3 is 5.97 Å². The van der Waals surface area contributed by atoms with Crippen LogP contribution in [-0.4, -0.2) is 31.1 Å². The summed E-state index contributed by atoms with van der Waals surface area (Å²) in [6.07, 6.45) is 1.88. The molecule has 0 bridgehead atoms. The first-order valence-corrected chi connectivity index (χ1v) is 4.60. The van der Waals surface area contributed by atoms with Gasteiger partial charge in [-0.15, -0.1) is 0 Å². The van der Waals surface area contributed by atoms with Crippen LogP contribution in [-0.2, 0) is 19.1 Å². The van der Waals surface area contributed by atoms with E-state index in [2.05, 4.69) is 6.58 Å². The predicted molar refractivity (Wildman–Crippen MR) is 49.8 cm³/mol. The molecule has 1 unspecified atom stereocenters. The van der Waals surface area contributed by atoms with Crippen molar-refractivity contribution in [1.29, 1.82) is 0 Å². The van der Waals surface area contributed by atoms with Crippen LogP contribution in [0.5, 0.6) is 0 Å². The van der Waals surface area contributed by atoms with Crippen LogP contribution in [0.15, 0.2) is 12.2 Å². The molecule has 0 N–H and O–H groups in total. The molecule has 0 aromatic rings. The summed E-state index contributed by atoms with van der Waals surface area (Å²) < 4.78 is 10.1. The molecule has 4 nitrogen and oxygen atoms in total. The molecule has 0 radical (unpaired) electrons. The van der Waals surface area contributed by atoms with Gasteiger partial charge in [0.1, 0.15) is 6.61 Å². The van der Waals surface area contributed by atoms with Gasteiger partial charge < -0.3 is 9.47 Å². The fourth-order valence-electron chi connectivity index (χ4n) is 1.18. The van der Waals surface area contributed by atoms with Gasteiger partial charge in [0, 0.05) is 6.61 Å². The van der Waals surface area contributed by atoms with Crippen LogP contribution in [0.3, 0.4) is 0 Å². The van der Waals surface area contributed by atoms with Gasteiger partial charge in [-0.1, -0.05) is 6.58 Å². The smallest absolute Gasteiger partial charge is 0.341 e. The Morgan fingerprint density at radius 2 is 2.29 bits per heavy atom. The summed E-state index contributed by atoms with van der Waals surface area (Å²) in [4.78, 5) is 21.9. The van der Waals surface area contributed by atoms with E-state index in [0.717, 1.165) is 19.4 Å². The van der Waals surface area contributed by atoms with E-state index in [1.807, 2.05) is 0 Å². The lowest BCUT2D eigenvalue weighted by atomic mass is 10.2. The van der Waals surface area contributed by atoms with E-state index in [4.69, 9.17) is 9.47 Å². The van der Waals surface area contributed by atoms with Crippen LogP contribution < -0.4 is 0 Å². The summed E-state index contributed by atoms with van der Waals surface area (Å²) >= 11 is 0. The van der Waals surface area contributed by atoms with E-state index in [1.54, 1.807) is 0 Å². The summed E-state index contributed by atoms with van der Waals surface area (Å²) in [6, 6.07) is 0. The molecule has 0 spiro atoms. The summed E-state index contributed by atoms with van der Waals surface area (Å²) in [5, 5.41) is 0. The fraction of sp³-hybridized carbons (Fsp3) is 0.600. The third-order valence-electron chi connectivity index (χ3n) is 2.10. The Kier molecular flexibility index (Phi) is 3.83. The van der Waals surface area contributed by atoms with Gasteiger partial charge in [-0.25, -0.2) is 4.79 Å². The maximum atomic E-state index is 11.1. The first-order chi connectivity index (χ1) is 6.61. The van der Waals surface area contributed by atoms with Crippen molar-refractivity contribution in [3.63, 3.8) is 0 Å². The van der Waals surface area contributed by atoms with Crippen molar-refractivity contribution in [2.45, 2.75) is 25.9 Å². The molecule has 1 aliphatic rings.